The van der Waals surface area contributed by atoms with Crippen molar-refractivity contribution in [2.45, 2.75) is 6.92 Å². The summed E-state index contributed by atoms with van der Waals surface area (Å²) in [5.74, 6) is -12.1. The number of rotatable bonds is 2. The van der Waals surface area contributed by atoms with E-state index in [1.807, 2.05) is 0 Å². The van der Waals surface area contributed by atoms with Gasteiger partial charge in [0.05, 0.1) is 5.56 Å². The van der Waals surface area contributed by atoms with Crippen molar-refractivity contribution in [2.75, 3.05) is 0 Å². The van der Waals surface area contributed by atoms with Crippen LogP contribution in [0.5, 0.6) is 0 Å². The summed E-state index contributed by atoms with van der Waals surface area (Å²) in [5, 5.41) is 0. The Bertz CT molecular complexity index is 450. The number of benzene rings is 1. The van der Waals surface area contributed by atoms with Gasteiger partial charge in [0.25, 0.3) is 0 Å². The van der Waals surface area contributed by atoms with Crippen LogP contribution in [0.25, 0.3) is 0 Å². The Morgan fingerprint density at radius 1 is 0.875 bits per heavy atom. The molecule has 1 rings (SSSR count). The molecule has 0 bridgehead atoms. The Labute approximate surface area is 87.2 Å². The van der Waals surface area contributed by atoms with Crippen molar-refractivity contribution in [3.8, 4) is 0 Å². The van der Waals surface area contributed by atoms with Gasteiger partial charge in [0.1, 0.15) is 0 Å². The van der Waals surface area contributed by atoms with E-state index in [9.17, 15) is 26.7 Å². The molecule has 0 atom stereocenters. The molecule has 0 heterocycles. The lowest BCUT2D eigenvalue weighted by atomic mass is 10.1. The van der Waals surface area contributed by atoms with Crippen molar-refractivity contribution < 1.29 is 26.7 Å². The highest BCUT2D eigenvalue weighted by molar-refractivity contribution is 6.04. The molecule has 0 aromatic heterocycles. The number of hydrogen-bond acceptors (Lipinski definition) is 1. The predicted octanol–water partition coefficient (Wildman–Crippen LogP) is 3.14. The van der Waals surface area contributed by atoms with Gasteiger partial charge < -0.3 is 0 Å². The van der Waals surface area contributed by atoms with Crippen molar-refractivity contribution in [3.05, 3.63) is 46.8 Å². The van der Waals surface area contributed by atoms with E-state index < -0.39 is 40.4 Å². The minimum Gasteiger partial charge on any atom is -0.289 e. The van der Waals surface area contributed by atoms with Gasteiger partial charge in [-0.3, -0.25) is 4.79 Å². The fraction of sp³-hybridized carbons (Fsp3) is 0.100. The summed E-state index contributed by atoms with van der Waals surface area (Å²) < 4.78 is 63.9. The SMILES string of the molecule is CC=CC(=O)c1c(F)c(F)c(F)c(F)c1F. The van der Waals surface area contributed by atoms with Gasteiger partial charge >= 0.3 is 0 Å². The van der Waals surface area contributed by atoms with E-state index in [2.05, 4.69) is 0 Å². The molecule has 86 valence electrons. The number of hydrogen-bond donors (Lipinski definition) is 0. The van der Waals surface area contributed by atoms with Gasteiger partial charge in [-0.1, -0.05) is 6.08 Å². The van der Waals surface area contributed by atoms with Gasteiger partial charge in [0, 0.05) is 0 Å². The van der Waals surface area contributed by atoms with Crippen LogP contribution in [0.15, 0.2) is 12.2 Å². The zero-order valence-electron chi connectivity index (χ0n) is 7.95. The van der Waals surface area contributed by atoms with E-state index in [1.165, 1.54) is 6.92 Å². The van der Waals surface area contributed by atoms with Crippen LogP contribution in [0, 0.1) is 29.1 Å². The van der Waals surface area contributed by atoms with Crippen LogP contribution in [0.3, 0.4) is 0 Å². The van der Waals surface area contributed by atoms with Gasteiger partial charge in [-0.15, -0.1) is 0 Å². The lowest BCUT2D eigenvalue weighted by Gasteiger charge is -2.04. The molecule has 0 aliphatic carbocycles. The minimum absolute atomic E-state index is 0.707. The number of allylic oxidation sites excluding steroid dienone is 2. The zero-order chi connectivity index (χ0) is 12.5. The average Bonchev–Trinajstić information content (AvgIpc) is 2.24. The second kappa shape index (κ2) is 4.42. The number of halogens is 5. The van der Waals surface area contributed by atoms with Crippen molar-refractivity contribution in [1.82, 2.24) is 0 Å². The molecular formula is C10H5F5O. The highest BCUT2D eigenvalue weighted by atomic mass is 19.2. The molecule has 6 heteroatoms. The summed E-state index contributed by atoms with van der Waals surface area (Å²) >= 11 is 0. The van der Waals surface area contributed by atoms with Crippen LogP contribution in [0.1, 0.15) is 17.3 Å². The fourth-order valence-electron chi connectivity index (χ4n) is 1.06. The maximum absolute atomic E-state index is 13.0. The van der Waals surface area contributed by atoms with Crippen molar-refractivity contribution >= 4 is 5.78 Å². The van der Waals surface area contributed by atoms with Crippen molar-refractivity contribution in [1.29, 1.82) is 0 Å². The third-order valence-corrected chi connectivity index (χ3v) is 1.77. The lowest BCUT2D eigenvalue weighted by Crippen LogP contribution is -2.11. The van der Waals surface area contributed by atoms with Crippen molar-refractivity contribution in [3.63, 3.8) is 0 Å². The molecule has 0 saturated carbocycles. The molecule has 0 radical (unpaired) electrons. The third-order valence-electron chi connectivity index (χ3n) is 1.77. The van der Waals surface area contributed by atoms with E-state index in [4.69, 9.17) is 0 Å². The van der Waals surface area contributed by atoms with Gasteiger partial charge in [-0.2, -0.15) is 0 Å². The van der Waals surface area contributed by atoms with Gasteiger partial charge in [-0.25, -0.2) is 22.0 Å². The van der Waals surface area contributed by atoms with E-state index in [1.54, 1.807) is 0 Å². The van der Waals surface area contributed by atoms with Crippen LogP contribution in [-0.4, -0.2) is 5.78 Å². The van der Waals surface area contributed by atoms with E-state index >= 15 is 0 Å². The van der Waals surface area contributed by atoms with Crippen LogP contribution in [0.4, 0.5) is 22.0 Å². The average molecular weight is 236 g/mol. The van der Waals surface area contributed by atoms with Crippen LogP contribution in [-0.2, 0) is 0 Å². The summed E-state index contributed by atoms with van der Waals surface area (Å²) in [6, 6.07) is 0. The van der Waals surface area contributed by atoms with Crippen LogP contribution in [0.2, 0.25) is 0 Å². The molecule has 0 saturated heterocycles. The lowest BCUT2D eigenvalue weighted by molar-refractivity contribution is 0.103. The highest BCUT2D eigenvalue weighted by Crippen LogP contribution is 2.23. The summed E-state index contributed by atoms with van der Waals surface area (Å²) in [6.45, 7) is 1.37. The maximum Gasteiger partial charge on any atom is 0.200 e. The van der Waals surface area contributed by atoms with Crippen molar-refractivity contribution in [2.24, 2.45) is 0 Å². The molecule has 1 aromatic carbocycles. The summed E-state index contributed by atoms with van der Waals surface area (Å²) in [5.41, 5.74) is -1.45. The van der Waals surface area contributed by atoms with Crippen LogP contribution >= 0.6 is 0 Å². The Balaban J connectivity index is 3.58. The van der Waals surface area contributed by atoms with E-state index in [0.717, 1.165) is 6.08 Å². The first kappa shape index (κ1) is 12.4. The van der Waals surface area contributed by atoms with Gasteiger partial charge in [0.15, 0.2) is 29.1 Å². The normalized spacial score (nSPS) is 11.1. The highest BCUT2D eigenvalue weighted by Gasteiger charge is 2.28. The molecular weight excluding hydrogens is 231 g/mol. The van der Waals surface area contributed by atoms with E-state index in [-0.39, 0.29) is 0 Å². The van der Waals surface area contributed by atoms with Gasteiger partial charge in [-0.05, 0) is 13.0 Å². The molecule has 0 N–H and O–H groups in total. The molecule has 0 aliphatic rings. The topological polar surface area (TPSA) is 17.1 Å². The van der Waals surface area contributed by atoms with Gasteiger partial charge in [0.2, 0.25) is 5.82 Å². The Morgan fingerprint density at radius 3 is 1.62 bits per heavy atom. The number of carbonyl (C=O) groups excluding carboxylic acids is 1. The second-order valence-electron chi connectivity index (χ2n) is 2.81. The molecule has 0 aliphatic heterocycles. The largest absolute Gasteiger partial charge is 0.289 e. The Kier molecular flexibility index (Phi) is 3.41. The summed E-state index contributed by atoms with van der Waals surface area (Å²) in [6.07, 6.45) is 1.83. The first-order valence-electron chi connectivity index (χ1n) is 4.10. The quantitative estimate of drug-likeness (QED) is 0.253. The Hall–Kier alpha value is -1.72. The smallest absolute Gasteiger partial charge is 0.200 e. The first-order chi connectivity index (χ1) is 7.41. The molecule has 0 fully saturated rings. The van der Waals surface area contributed by atoms with E-state index in [0.29, 0.717) is 6.08 Å². The monoisotopic (exact) mass is 236 g/mol. The first-order valence-corrected chi connectivity index (χ1v) is 4.10. The number of carbonyl (C=O) groups is 1. The zero-order valence-corrected chi connectivity index (χ0v) is 7.95. The predicted molar refractivity (Wildman–Crippen MR) is 45.4 cm³/mol. The molecule has 0 unspecified atom stereocenters. The molecule has 1 aromatic rings. The standard InChI is InChI=1S/C10H5F5O/c1-2-3-4(16)5-6(11)8(13)10(15)9(14)7(5)12/h2-3H,1H3. The summed E-state index contributed by atoms with van der Waals surface area (Å²) in [4.78, 5) is 11.1. The second-order valence-corrected chi connectivity index (χ2v) is 2.81. The molecule has 0 amide bonds. The van der Waals surface area contributed by atoms with Crippen LogP contribution < -0.4 is 0 Å². The maximum atomic E-state index is 13.0. The Morgan fingerprint density at radius 2 is 1.25 bits per heavy atom. The fourth-order valence-corrected chi connectivity index (χ4v) is 1.06. The number of ketones is 1. The molecule has 1 nitrogen and oxygen atoms in total. The minimum atomic E-state index is -2.29. The molecule has 0 spiro atoms. The summed E-state index contributed by atoms with van der Waals surface area (Å²) in [7, 11) is 0. The molecule has 16 heavy (non-hydrogen) atoms. The third kappa shape index (κ3) is 1.82.